The van der Waals surface area contributed by atoms with Crippen LogP contribution in [0.2, 0.25) is 0 Å². The minimum absolute atomic E-state index is 0.0939. The monoisotopic (exact) mass is 346 g/mol. The summed E-state index contributed by atoms with van der Waals surface area (Å²) < 4.78 is 1.02. The second-order valence-corrected chi connectivity index (χ2v) is 5.53. The van der Waals surface area contributed by atoms with Crippen molar-refractivity contribution in [1.29, 1.82) is 0 Å². The number of nitrogens with one attached hydrogen (secondary N) is 1. The van der Waals surface area contributed by atoms with Crippen LogP contribution in [-0.4, -0.2) is 27.2 Å². The predicted octanol–water partition coefficient (Wildman–Crippen LogP) is 2.57. The number of amides is 1. The summed E-state index contributed by atoms with van der Waals surface area (Å²) in [5, 5.41) is 3.89. The first-order chi connectivity index (χ1) is 7.79. The van der Waals surface area contributed by atoms with Gasteiger partial charge in [-0.05, 0) is 12.1 Å². The molecule has 3 nitrogen and oxygen atoms in total. The maximum Gasteiger partial charge on any atom is 0.280 e. The molecule has 2 rings (SSSR count). The number of aliphatic imine (C=N–C) groups is 1. The Balaban J connectivity index is 1.95. The van der Waals surface area contributed by atoms with E-state index in [1.807, 2.05) is 30.3 Å². The molecule has 1 unspecified atom stereocenters. The molecule has 5 heteroatoms. The van der Waals surface area contributed by atoms with Crippen molar-refractivity contribution in [1.82, 2.24) is 0 Å². The number of hydrogen-bond acceptors (Lipinski definition) is 3. The number of carbonyl (C=O) groups is 1. The van der Waals surface area contributed by atoms with Gasteiger partial charge in [0, 0.05) is 15.4 Å². The van der Waals surface area contributed by atoms with Crippen molar-refractivity contribution in [2.45, 2.75) is 5.25 Å². The molecule has 1 aromatic carbocycles. The van der Waals surface area contributed by atoms with Gasteiger partial charge in [-0.25, -0.2) is 0 Å². The average molecular weight is 346 g/mol. The standard InChI is InChI=1S/C11H11IN2OS/c12-6-9-7-13-11(16-9)10(15)14-8-4-2-1-3-5-8/h1-5,9H,6-7H2,(H,14,15). The summed E-state index contributed by atoms with van der Waals surface area (Å²) in [6.07, 6.45) is 0. The third-order valence-corrected chi connectivity index (χ3v) is 4.96. The van der Waals surface area contributed by atoms with E-state index in [0.29, 0.717) is 10.3 Å². The fourth-order valence-corrected chi connectivity index (χ4v) is 2.98. The zero-order valence-electron chi connectivity index (χ0n) is 8.52. The van der Waals surface area contributed by atoms with E-state index in [1.165, 1.54) is 0 Å². The summed E-state index contributed by atoms with van der Waals surface area (Å²) in [6.45, 7) is 0.755. The molecule has 0 aliphatic carbocycles. The molecule has 1 aromatic rings. The quantitative estimate of drug-likeness (QED) is 0.675. The number of halogens is 1. The maximum absolute atomic E-state index is 11.8. The fourth-order valence-electron chi connectivity index (χ4n) is 1.33. The number of benzene rings is 1. The van der Waals surface area contributed by atoms with Crippen LogP contribution in [0.1, 0.15) is 0 Å². The average Bonchev–Trinajstić information content (AvgIpc) is 2.79. The van der Waals surface area contributed by atoms with Crippen LogP contribution in [-0.2, 0) is 4.79 Å². The second-order valence-electron chi connectivity index (χ2n) is 3.36. The maximum atomic E-state index is 11.8. The SMILES string of the molecule is O=C(Nc1ccccc1)C1=NCC(CI)S1. The molecule has 0 saturated heterocycles. The molecule has 0 saturated carbocycles. The highest BCUT2D eigenvalue weighted by atomic mass is 127. The molecule has 84 valence electrons. The molecule has 1 atom stereocenters. The van der Waals surface area contributed by atoms with E-state index in [4.69, 9.17) is 0 Å². The van der Waals surface area contributed by atoms with Crippen molar-refractivity contribution in [2.24, 2.45) is 4.99 Å². The molecular formula is C11H11IN2OS. The molecule has 0 spiro atoms. The van der Waals surface area contributed by atoms with E-state index in [9.17, 15) is 4.79 Å². The zero-order valence-corrected chi connectivity index (χ0v) is 11.5. The van der Waals surface area contributed by atoms with E-state index in [0.717, 1.165) is 16.7 Å². The molecule has 1 aliphatic heterocycles. The molecule has 1 N–H and O–H groups in total. The predicted molar refractivity (Wildman–Crippen MR) is 77.6 cm³/mol. The summed E-state index contributed by atoms with van der Waals surface area (Å²) in [7, 11) is 0. The van der Waals surface area contributed by atoms with Crippen LogP contribution in [0, 0.1) is 0 Å². The van der Waals surface area contributed by atoms with Crippen LogP contribution in [0.5, 0.6) is 0 Å². The lowest BCUT2D eigenvalue weighted by Gasteiger charge is -2.05. The van der Waals surface area contributed by atoms with Gasteiger partial charge in [0.25, 0.3) is 5.91 Å². The molecule has 0 fully saturated rings. The number of alkyl halides is 1. The number of hydrogen-bond donors (Lipinski definition) is 1. The topological polar surface area (TPSA) is 41.5 Å². The summed E-state index contributed by atoms with van der Waals surface area (Å²) in [5.41, 5.74) is 0.814. The van der Waals surface area contributed by atoms with E-state index in [1.54, 1.807) is 11.8 Å². The summed E-state index contributed by atoms with van der Waals surface area (Å²) in [5.74, 6) is -0.0939. The Morgan fingerprint density at radius 3 is 2.88 bits per heavy atom. The molecule has 1 amide bonds. The number of nitrogens with zero attached hydrogens (tertiary/aromatic N) is 1. The lowest BCUT2D eigenvalue weighted by molar-refractivity contribution is -0.110. The Bertz CT molecular complexity index is 408. The van der Waals surface area contributed by atoms with Crippen LogP contribution < -0.4 is 5.32 Å². The van der Waals surface area contributed by atoms with Gasteiger partial charge in [-0.1, -0.05) is 52.6 Å². The van der Waals surface area contributed by atoms with Gasteiger partial charge in [-0.3, -0.25) is 9.79 Å². The van der Waals surface area contributed by atoms with E-state index in [2.05, 4.69) is 32.9 Å². The van der Waals surface area contributed by atoms with Crippen LogP contribution >= 0.6 is 34.4 Å². The minimum atomic E-state index is -0.0939. The Labute approximate surface area is 112 Å². The smallest absolute Gasteiger partial charge is 0.280 e. The highest BCUT2D eigenvalue weighted by molar-refractivity contribution is 14.1. The number of rotatable bonds is 3. The number of anilines is 1. The summed E-state index contributed by atoms with van der Waals surface area (Å²) in [4.78, 5) is 16.1. The third-order valence-electron chi connectivity index (χ3n) is 2.11. The van der Waals surface area contributed by atoms with Crippen LogP contribution in [0.25, 0.3) is 0 Å². The van der Waals surface area contributed by atoms with Crippen molar-refractivity contribution in [3.63, 3.8) is 0 Å². The first-order valence-corrected chi connectivity index (χ1v) is 7.33. The van der Waals surface area contributed by atoms with Crippen molar-refractivity contribution >= 4 is 51.0 Å². The molecule has 1 aliphatic rings. The normalized spacial score (nSPS) is 19.3. The van der Waals surface area contributed by atoms with Crippen LogP contribution in [0.15, 0.2) is 35.3 Å². The van der Waals surface area contributed by atoms with Crippen LogP contribution in [0.3, 0.4) is 0 Å². The van der Waals surface area contributed by atoms with E-state index in [-0.39, 0.29) is 5.91 Å². The fraction of sp³-hybridized carbons (Fsp3) is 0.273. The molecule has 0 bridgehead atoms. The van der Waals surface area contributed by atoms with Gasteiger partial charge in [0.2, 0.25) is 0 Å². The Kier molecular flexibility index (Phi) is 4.22. The number of para-hydroxylation sites is 1. The molecule has 0 radical (unpaired) electrons. The van der Waals surface area contributed by atoms with Gasteiger partial charge in [0.15, 0.2) is 5.04 Å². The van der Waals surface area contributed by atoms with Crippen molar-refractivity contribution in [2.75, 3.05) is 16.3 Å². The summed E-state index contributed by atoms with van der Waals surface area (Å²) in [6, 6.07) is 9.45. The van der Waals surface area contributed by atoms with E-state index >= 15 is 0 Å². The highest BCUT2D eigenvalue weighted by Crippen LogP contribution is 2.23. The third kappa shape index (κ3) is 2.98. The minimum Gasteiger partial charge on any atom is -0.320 e. The first kappa shape index (κ1) is 11.9. The Morgan fingerprint density at radius 2 is 2.25 bits per heavy atom. The number of carbonyl (C=O) groups excluding carboxylic acids is 1. The zero-order chi connectivity index (χ0) is 11.4. The van der Waals surface area contributed by atoms with Gasteiger partial charge >= 0.3 is 0 Å². The highest BCUT2D eigenvalue weighted by Gasteiger charge is 2.23. The summed E-state index contributed by atoms with van der Waals surface area (Å²) >= 11 is 3.89. The van der Waals surface area contributed by atoms with E-state index < -0.39 is 0 Å². The van der Waals surface area contributed by atoms with Gasteiger partial charge < -0.3 is 5.32 Å². The van der Waals surface area contributed by atoms with Gasteiger partial charge in [-0.15, -0.1) is 0 Å². The lowest BCUT2D eigenvalue weighted by atomic mass is 10.3. The molecule has 16 heavy (non-hydrogen) atoms. The Morgan fingerprint density at radius 1 is 1.50 bits per heavy atom. The van der Waals surface area contributed by atoms with Gasteiger partial charge in [0.05, 0.1) is 6.54 Å². The largest absolute Gasteiger partial charge is 0.320 e. The lowest BCUT2D eigenvalue weighted by Crippen LogP contribution is -2.19. The van der Waals surface area contributed by atoms with Crippen LogP contribution in [0.4, 0.5) is 5.69 Å². The van der Waals surface area contributed by atoms with Gasteiger partial charge in [0.1, 0.15) is 0 Å². The first-order valence-electron chi connectivity index (χ1n) is 4.93. The molecular weight excluding hydrogens is 335 g/mol. The molecule has 0 aromatic heterocycles. The molecule has 1 heterocycles. The van der Waals surface area contributed by atoms with Crippen molar-refractivity contribution in [3.8, 4) is 0 Å². The van der Waals surface area contributed by atoms with Crippen molar-refractivity contribution < 1.29 is 4.79 Å². The second kappa shape index (κ2) is 5.67. The Hall–Kier alpha value is -0.560. The van der Waals surface area contributed by atoms with Gasteiger partial charge in [-0.2, -0.15) is 0 Å². The van der Waals surface area contributed by atoms with Crippen molar-refractivity contribution in [3.05, 3.63) is 30.3 Å². The number of thioether (sulfide) groups is 1.